The average Bonchev–Trinajstić information content (AvgIpc) is 3.59. The molecule has 2 aliphatic rings. The number of nitrogens with two attached hydrogens (primary N) is 1. The van der Waals surface area contributed by atoms with E-state index in [4.69, 9.17) is 40.4 Å². The molecule has 0 aromatic carbocycles. The number of hydrogen-bond donors (Lipinski definition) is 4. The largest absolute Gasteiger partial charge is 0.387 e. The Bertz CT molecular complexity index is 1860. The van der Waals surface area contributed by atoms with E-state index in [-0.39, 0.29) is 34.1 Å². The van der Waals surface area contributed by atoms with E-state index in [0.717, 1.165) is 15.6 Å². The van der Waals surface area contributed by atoms with Crippen molar-refractivity contribution in [2.75, 3.05) is 18.9 Å². The van der Waals surface area contributed by atoms with Crippen LogP contribution in [0.1, 0.15) is 12.1 Å². The number of aromatic amines is 1. The number of rotatable bonds is 1. The number of nitrogens with one attached hydrogen (secondary N) is 1. The zero-order valence-electron chi connectivity index (χ0n) is 21.1. The quantitative estimate of drug-likeness (QED) is 0.162. The van der Waals surface area contributed by atoms with Gasteiger partial charge in [-0.15, -0.1) is 5.10 Å². The van der Waals surface area contributed by atoms with Crippen molar-refractivity contribution in [3.63, 3.8) is 0 Å². The van der Waals surface area contributed by atoms with Crippen LogP contribution in [0.3, 0.4) is 0 Å². The third-order valence-electron chi connectivity index (χ3n) is 6.19. The van der Waals surface area contributed by atoms with E-state index < -0.39 is 76.0 Å². The molecule has 4 aromatic rings. The molecule has 0 spiro atoms. The zero-order chi connectivity index (χ0) is 30.7. The van der Waals surface area contributed by atoms with Crippen LogP contribution in [0.15, 0.2) is 17.3 Å². The summed E-state index contributed by atoms with van der Waals surface area (Å²) in [4.78, 5) is 40.8. The van der Waals surface area contributed by atoms with Gasteiger partial charge in [0.1, 0.15) is 43.1 Å². The van der Waals surface area contributed by atoms with E-state index in [1.54, 1.807) is 0 Å². The lowest BCUT2D eigenvalue weighted by Crippen LogP contribution is -2.33. The van der Waals surface area contributed by atoms with E-state index >= 15 is 13.2 Å². The fraction of sp³-hybridized carbons (Fsp3) is 0.500. The number of halogens is 3. The van der Waals surface area contributed by atoms with Crippen molar-refractivity contribution in [2.45, 2.75) is 43.7 Å². The summed E-state index contributed by atoms with van der Waals surface area (Å²) in [6.07, 6.45) is -4.96. The number of H-pyrrole nitrogens is 1. The first-order chi connectivity index (χ1) is 20.2. The highest BCUT2D eigenvalue weighted by atomic mass is 32.7. The molecule has 6 heterocycles. The molecule has 1 saturated heterocycles. The summed E-state index contributed by atoms with van der Waals surface area (Å²) < 4.78 is 87.5. The van der Waals surface area contributed by atoms with Crippen LogP contribution in [0.25, 0.3) is 22.3 Å². The van der Waals surface area contributed by atoms with E-state index in [1.807, 2.05) is 0 Å². The number of imidazole rings is 1. The topological polar surface area (TPSA) is 230 Å². The molecule has 4 aromatic heterocycles. The van der Waals surface area contributed by atoms with E-state index in [2.05, 4.69) is 47.5 Å². The molecule has 6 rings (SSSR count). The minimum atomic E-state index is -4.55. The number of nitrogen functional groups attached to an aromatic ring is 1. The summed E-state index contributed by atoms with van der Waals surface area (Å²) in [5, 5.41) is 7.48. The molecular formula is C18H19F3N10O8P2S2. The molecule has 43 heavy (non-hydrogen) atoms. The fourth-order valence-corrected chi connectivity index (χ4v) is 6.82. The monoisotopic (exact) mass is 686 g/mol. The first kappa shape index (κ1) is 30.4. The first-order valence-electron chi connectivity index (χ1n) is 11.9. The molecule has 2 bridgehead atoms. The Labute approximate surface area is 247 Å². The van der Waals surface area contributed by atoms with Crippen LogP contribution < -0.4 is 11.3 Å². The van der Waals surface area contributed by atoms with Gasteiger partial charge in [0.25, 0.3) is 11.5 Å². The molecule has 0 saturated carbocycles. The standard InChI is InChI=1S/C18H19F3N10O8P2S2/c19-10-8-2-35-40(33,42)37-5-18(20,21)4-30-9(25-7-1-23-6-24-13(7)30)3-36-41(34,43)39-12(10)16(38-8)31-14-11(28-29-31)15(32)27-17(22)26-14/h1,6,8,10,12,16H,2-5H2,(H,33,42)(H,34,43)(H3,22,26,27,32)/t8-,10-,12-,16-,40?,41?/m1/s1. The summed E-state index contributed by atoms with van der Waals surface area (Å²) in [5.41, 5.74) is 4.39. The van der Waals surface area contributed by atoms with Crippen molar-refractivity contribution >= 4 is 65.8 Å². The van der Waals surface area contributed by atoms with E-state index in [1.165, 1.54) is 6.20 Å². The van der Waals surface area contributed by atoms with E-state index in [0.29, 0.717) is 0 Å². The Morgan fingerprint density at radius 2 is 2.05 bits per heavy atom. The number of alkyl halides is 3. The van der Waals surface area contributed by atoms with Crippen LogP contribution in [-0.2, 0) is 52.4 Å². The Hall–Kier alpha value is -2.59. The van der Waals surface area contributed by atoms with Gasteiger partial charge < -0.3 is 29.0 Å². The maximum Gasteiger partial charge on any atom is 0.387 e. The maximum absolute atomic E-state index is 15.8. The zero-order valence-corrected chi connectivity index (χ0v) is 24.6. The highest BCUT2D eigenvalue weighted by Gasteiger charge is 2.51. The van der Waals surface area contributed by atoms with Crippen molar-refractivity contribution in [1.29, 1.82) is 0 Å². The number of ether oxygens (including phenoxy) is 1. The summed E-state index contributed by atoms with van der Waals surface area (Å²) >= 11 is 8.77. The first-order valence-corrected chi connectivity index (χ1v) is 17.2. The predicted molar refractivity (Wildman–Crippen MR) is 144 cm³/mol. The molecule has 2 unspecified atom stereocenters. The minimum Gasteiger partial charge on any atom is -0.369 e. The van der Waals surface area contributed by atoms with Gasteiger partial charge in [0.15, 0.2) is 29.2 Å². The lowest BCUT2D eigenvalue weighted by atomic mass is 10.1. The minimum absolute atomic E-state index is 0.0280. The molecule has 0 aliphatic carbocycles. The van der Waals surface area contributed by atoms with E-state index in [9.17, 15) is 14.3 Å². The molecule has 0 amide bonds. The number of nitrogens with zero attached hydrogens (tertiary/aromatic N) is 8. The van der Waals surface area contributed by atoms with Gasteiger partial charge in [-0.2, -0.15) is 9.67 Å². The van der Waals surface area contributed by atoms with Crippen molar-refractivity contribution in [1.82, 2.24) is 44.5 Å². The number of thiol groups is 1. The van der Waals surface area contributed by atoms with Gasteiger partial charge in [-0.1, -0.05) is 17.5 Å². The summed E-state index contributed by atoms with van der Waals surface area (Å²) in [7, 11) is 0. The van der Waals surface area contributed by atoms with Gasteiger partial charge >= 0.3 is 13.5 Å². The Morgan fingerprint density at radius 3 is 2.84 bits per heavy atom. The molecular weight excluding hydrogens is 667 g/mol. The van der Waals surface area contributed by atoms with Crippen LogP contribution in [0.4, 0.5) is 19.1 Å². The molecule has 18 nitrogen and oxygen atoms in total. The molecule has 232 valence electrons. The summed E-state index contributed by atoms with van der Waals surface area (Å²) in [6, 6.07) is 0. The SMILES string of the molecule is Nc1nc2c(nnn2[C@@H]2O[C@@H]3COP(O)(=S)OCC(F)(F)Cn4c(nc5cncnc54)COP(=O)(S)O[C@@H]2[C@@H]3F)c(=O)[nH]1. The molecule has 6 atom stereocenters. The van der Waals surface area contributed by atoms with Crippen molar-refractivity contribution in [2.24, 2.45) is 0 Å². The van der Waals surface area contributed by atoms with Crippen LogP contribution in [-0.4, -0.2) is 86.9 Å². The van der Waals surface area contributed by atoms with Gasteiger partial charge in [-0.05, 0) is 11.8 Å². The number of aromatic nitrogens is 9. The van der Waals surface area contributed by atoms with Gasteiger partial charge in [0.2, 0.25) is 5.95 Å². The highest BCUT2D eigenvalue weighted by Crippen LogP contribution is 2.58. The summed E-state index contributed by atoms with van der Waals surface area (Å²) in [5.74, 6) is -4.20. The number of fused-ring (bicyclic) bond motifs is 6. The predicted octanol–water partition coefficient (Wildman–Crippen LogP) is 1.01. The second-order valence-electron chi connectivity index (χ2n) is 9.22. The van der Waals surface area contributed by atoms with Gasteiger partial charge in [0.05, 0.1) is 19.3 Å². The number of hydrogen-bond acceptors (Lipinski definition) is 15. The molecule has 1 fully saturated rings. The Morgan fingerprint density at radius 1 is 1.26 bits per heavy atom. The molecule has 2 aliphatic heterocycles. The van der Waals surface area contributed by atoms with Crippen LogP contribution in [0, 0.1) is 0 Å². The van der Waals surface area contributed by atoms with Gasteiger partial charge in [-0.25, -0.2) is 32.7 Å². The smallest absolute Gasteiger partial charge is 0.369 e. The van der Waals surface area contributed by atoms with Crippen molar-refractivity contribution < 1.29 is 45.5 Å². The normalized spacial score (nSPS) is 32.2. The third kappa shape index (κ3) is 6.19. The van der Waals surface area contributed by atoms with Gasteiger partial charge in [0, 0.05) is 0 Å². The van der Waals surface area contributed by atoms with Crippen LogP contribution in [0.5, 0.6) is 0 Å². The lowest BCUT2D eigenvalue weighted by Gasteiger charge is -2.24. The average molecular weight is 686 g/mol. The number of anilines is 1. The maximum atomic E-state index is 15.8. The van der Waals surface area contributed by atoms with Crippen LogP contribution in [0.2, 0.25) is 0 Å². The van der Waals surface area contributed by atoms with Gasteiger partial charge in [-0.3, -0.25) is 18.8 Å². The molecule has 0 radical (unpaired) electrons. The van der Waals surface area contributed by atoms with Crippen LogP contribution >= 0.6 is 25.8 Å². The summed E-state index contributed by atoms with van der Waals surface area (Å²) in [6.45, 7) is -13.0. The fourth-order valence-electron chi connectivity index (χ4n) is 4.35. The second kappa shape index (κ2) is 11.1. The lowest BCUT2D eigenvalue weighted by molar-refractivity contribution is -0.0656. The van der Waals surface area contributed by atoms with Crippen molar-refractivity contribution in [3.8, 4) is 0 Å². The molecule has 4 N–H and O–H groups in total. The Balaban J connectivity index is 1.39. The highest BCUT2D eigenvalue weighted by molar-refractivity contribution is 8.44. The molecule has 25 heteroatoms. The third-order valence-corrected chi connectivity index (χ3v) is 9.35. The second-order valence-corrected chi connectivity index (χ2v) is 14.9. The Kier molecular flexibility index (Phi) is 7.85. The van der Waals surface area contributed by atoms with Crippen molar-refractivity contribution in [3.05, 3.63) is 28.7 Å².